The van der Waals surface area contributed by atoms with Gasteiger partial charge < -0.3 is 33.8 Å². The summed E-state index contributed by atoms with van der Waals surface area (Å²) in [5.74, 6) is -0.475. The van der Waals surface area contributed by atoms with E-state index in [4.69, 9.17) is 37.0 Å². The summed E-state index contributed by atoms with van der Waals surface area (Å²) < 4.78 is 68.4. The van der Waals surface area contributed by atoms with E-state index in [-0.39, 0.29) is 25.7 Å². The zero-order valence-electron chi connectivity index (χ0n) is 64.1. The summed E-state index contributed by atoms with van der Waals surface area (Å²) >= 11 is 0. The second kappa shape index (κ2) is 70.7. The Morgan fingerprint density at radius 1 is 0.276 bits per heavy atom. The number of phosphoric ester groups is 2. The lowest BCUT2D eigenvalue weighted by Crippen LogP contribution is -2.30. The number of hydrogen-bond donors (Lipinski definition) is 3. The molecule has 0 aromatic carbocycles. The van der Waals surface area contributed by atoms with E-state index < -0.39 is 97.5 Å². The van der Waals surface area contributed by atoms with E-state index in [1.807, 2.05) is 0 Å². The minimum absolute atomic E-state index is 0.106. The topological polar surface area (TPSA) is 237 Å². The van der Waals surface area contributed by atoms with Crippen LogP contribution in [0.4, 0.5) is 0 Å². The first-order chi connectivity index (χ1) is 47.4. The van der Waals surface area contributed by atoms with E-state index >= 15 is 0 Å². The lowest BCUT2D eigenvalue weighted by atomic mass is 10.0. The third-order valence-corrected chi connectivity index (χ3v) is 20.4. The van der Waals surface area contributed by atoms with Gasteiger partial charge in [0.05, 0.1) is 26.4 Å². The van der Waals surface area contributed by atoms with Gasteiger partial charge in [0.2, 0.25) is 0 Å². The monoisotopic (exact) mass is 1440 g/mol. The van der Waals surface area contributed by atoms with Crippen molar-refractivity contribution in [1.82, 2.24) is 0 Å². The predicted octanol–water partition coefficient (Wildman–Crippen LogP) is 23.5. The number of carbonyl (C=O) groups is 4. The van der Waals surface area contributed by atoms with Crippen molar-refractivity contribution in [3.8, 4) is 0 Å². The minimum Gasteiger partial charge on any atom is -0.462 e. The van der Waals surface area contributed by atoms with Gasteiger partial charge in [-0.1, -0.05) is 363 Å². The molecule has 0 saturated carbocycles. The van der Waals surface area contributed by atoms with Gasteiger partial charge in [-0.15, -0.1) is 0 Å². The number of rotatable bonds is 78. The molecule has 0 amide bonds. The lowest BCUT2D eigenvalue weighted by Gasteiger charge is -2.21. The third-order valence-electron chi connectivity index (χ3n) is 18.5. The molecule has 98 heavy (non-hydrogen) atoms. The zero-order valence-corrected chi connectivity index (χ0v) is 65.9. The van der Waals surface area contributed by atoms with Crippen molar-refractivity contribution < 1.29 is 80.2 Å². The fourth-order valence-corrected chi connectivity index (χ4v) is 13.8. The fourth-order valence-electron chi connectivity index (χ4n) is 12.2. The van der Waals surface area contributed by atoms with Crippen molar-refractivity contribution in [2.75, 3.05) is 39.6 Å². The maximum Gasteiger partial charge on any atom is 0.472 e. The molecule has 3 N–H and O–H groups in total. The van der Waals surface area contributed by atoms with E-state index in [0.717, 1.165) is 115 Å². The van der Waals surface area contributed by atoms with Gasteiger partial charge in [0, 0.05) is 25.7 Å². The van der Waals surface area contributed by atoms with E-state index in [1.54, 1.807) is 0 Å². The van der Waals surface area contributed by atoms with Gasteiger partial charge in [-0.25, -0.2) is 9.13 Å². The van der Waals surface area contributed by atoms with Crippen LogP contribution in [-0.2, 0) is 65.4 Å². The van der Waals surface area contributed by atoms with Gasteiger partial charge in [0.15, 0.2) is 12.2 Å². The molecule has 0 bridgehead atoms. The molecule has 0 spiro atoms. The normalized spacial score (nSPS) is 13.9. The Morgan fingerprint density at radius 2 is 0.469 bits per heavy atom. The zero-order chi connectivity index (χ0) is 72.1. The van der Waals surface area contributed by atoms with Crippen molar-refractivity contribution in [2.24, 2.45) is 11.8 Å². The first-order valence-electron chi connectivity index (χ1n) is 41.0. The molecule has 0 aromatic rings. The first-order valence-corrected chi connectivity index (χ1v) is 44.0. The lowest BCUT2D eigenvalue weighted by molar-refractivity contribution is -0.161. The Morgan fingerprint density at radius 3 is 0.694 bits per heavy atom. The molecule has 0 aromatic heterocycles. The second-order valence-corrected chi connectivity index (χ2v) is 32.3. The van der Waals surface area contributed by atoms with E-state index in [2.05, 4.69) is 41.5 Å². The number of aliphatic hydroxyl groups excluding tert-OH is 1. The van der Waals surface area contributed by atoms with Crippen LogP contribution in [0, 0.1) is 11.8 Å². The Balaban J connectivity index is 5.12. The molecule has 0 aliphatic rings. The van der Waals surface area contributed by atoms with Gasteiger partial charge in [0.25, 0.3) is 0 Å². The molecule has 0 heterocycles. The number of esters is 4. The van der Waals surface area contributed by atoms with E-state index in [0.29, 0.717) is 25.7 Å². The van der Waals surface area contributed by atoms with Crippen LogP contribution in [0.15, 0.2) is 0 Å². The smallest absolute Gasteiger partial charge is 0.462 e. The van der Waals surface area contributed by atoms with Gasteiger partial charge in [-0.2, -0.15) is 0 Å². The average Bonchev–Trinajstić information content (AvgIpc) is 1.01. The van der Waals surface area contributed by atoms with Crippen LogP contribution in [0.2, 0.25) is 0 Å². The summed E-state index contributed by atoms with van der Waals surface area (Å²) in [6, 6.07) is 0. The van der Waals surface area contributed by atoms with Gasteiger partial charge in [0.1, 0.15) is 19.3 Å². The highest BCUT2D eigenvalue weighted by molar-refractivity contribution is 7.47. The summed E-state index contributed by atoms with van der Waals surface area (Å²) in [4.78, 5) is 72.6. The molecule has 582 valence electrons. The second-order valence-electron chi connectivity index (χ2n) is 29.4. The largest absolute Gasteiger partial charge is 0.472 e. The quantitative estimate of drug-likeness (QED) is 0.0222. The number of ether oxygens (including phenoxy) is 4. The van der Waals surface area contributed by atoms with Crippen LogP contribution in [0.1, 0.15) is 414 Å². The summed E-state index contributed by atoms with van der Waals surface area (Å²) in [7, 11) is -9.90. The predicted molar refractivity (Wildman–Crippen MR) is 400 cm³/mol. The average molecular weight is 1440 g/mol. The number of phosphoric acid groups is 2. The molecule has 5 atom stereocenters. The molecule has 0 saturated heterocycles. The molecule has 0 aliphatic carbocycles. The highest BCUT2D eigenvalue weighted by Gasteiger charge is 2.30. The SMILES string of the molecule is CCCCCCCCCCCC(=O)O[C@H](COC(=O)CCCCCCCCC)COP(=O)(O)OC[C@H](O)COP(=O)(O)OC[C@@H](COC(=O)CCCCCCCCCCCCCCCCCCCCC(C)C)OC(=O)CCCCCCCCCCCCCCCCCCCCC(C)C. The van der Waals surface area contributed by atoms with Crippen molar-refractivity contribution >= 4 is 39.5 Å². The van der Waals surface area contributed by atoms with Crippen molar-refractivity contribution in [1.29, 1.82) is 0 Å². The van der Waals surface area contributed by atoms with Crippen LogP contribution in [-0.4, -0.2) is 96.7 Å². The highest BCUT2D eigenvalue weighted by Crippen LogP contribution is 2.45. The Labute approximate surface area is 600 Å². The molecule has 19 heteroatoms. The Bertz CT molecular complexity index is 1890. The van der Waals surface area contributed by atoms with Crippen LogP contribution >= 0.6 is 15.6 Å². The number of aliphatic hydroxyl groups is 1. The molecule has 2 unspecified atom stereocenters. The van der Waals surface area contributed by atoms with E-state index in [9.17, 15) is 43.2 Å². The molecular weight excluding hydrogens is 1280 g/mol. The van der Waals surface area contributed by atoms with Crippen molar-refractivity contribution in [3.05, 3.63) is 0 Å². The summed E-state index contributed by atoms with van der Waals surface area (Å²) in [6.45, 7) is 9.62. The van der Waals surface area contributed by atoms with Gasteiger partial charge in [-0.3, -0.25) is 37.3 Å². The molecule has 0 fully saturated rings. The molecular formula is C79H154O17P2. The minimum atomic E-state index is -4.96. The van der Waals surface area contributed by atoms with Gasteiger partial charge in [-0.05, 0) is 37.5 Å². The fraction of sp³-hybridized carbons (Fsp3) is 0.949. The van der Waals surface area contributed by atoms with Crippen molar-refractivity contribution in [3.63, 3.8) is 0 Å². The molecule has 0 rings (SSSR count). The number of carbonyl (C=O) groups excluding carboxylic acids is 4. The molecule has 0 radical (unpaired) electrons. The first kappa shape index (κ1) is 96.1. The summed E-state index contributed by atoms with van der Waals surface area (Å²) in [6.07, 6.45) is 60.1. The highest BCUT2D eigenvalue weighted by atomic mass is 31.2. The maximum absolute atomic E-state index is 13.1. The Kier molecular flexibility index (Phi) is 69.3. The van der Waals surface area contributed by atoms with Crippen LogP contribution in [0.5, 0.6) is 0 Å². The standard InChI is InChI=1S/C79H154O17P2/c1-7-9-11-13-15-36-45-51-57-63-78(83)95-74(67-89-76(81)61-55-49-41-14-12-10-8-2)69-93-97(85,86)91-65-73(80)66-92-98(87,88)94-70-75(96-79(84)64-58-52-46-40-35-31-27-23-19-17-21-25-29-33-38-43-48-54-60-72(5)6)68-90-77(82)62-56-50-44-39-34-30-26-22-18-16-20-24-28-32-37-42-47-53-59-71(3)4/h71-75,80H,7-70H2,1-6H3,(H,85,86)(H,87,88)/t73-,74+,75+/m0/s1. The maximum atomic E-state index is 13.1. The van der Waals surface area contributed by atoms with Gasteiger partial charge >= 0.3 is 39.5 Å². The van der Waals surface area contributed by atoms with Crippen LogP contribution < -0.4 is 0 Å². The van der Waals surface area contributed by atoms with E-state index in [1.165, 1.54) is 218 Å². The number of unbranched alkanes of at least 4 members (excludes halogenated alkanes) is 48. The molecule has 17 nitrogen and oxygen atoms in total. The third kappa shape index (κ3) is 72.4. The van der Waals surface area contributed by atoms with Crippen LogP contribution in [0.3, 0.4) is 0 Å². The number of hydrogen-bond acceptors (Lipinski definition) is 15. The summed E-state index contributed by atoms with van der Waals surface area (Å²) in [5.41, 5.74) is 0. The summed E-state index contributed by atoms with van der Waals surface area (Å²) in [5, 5.41) is 10.6. The van der Waals surface area contributed by atoms with Crippen LogP contribution in [0.25, 0.3) is 0 Å². The molecule has 0 aliphatic heterocycles. The van der Waals surface area contributed by atoms with Crippen molar-refractivity contribution in [2.45, 2.75) is 432 Å². The Hall–Kier alpha value is -1.94.